The molecule has 0 aliphatic carbocycles. The molecule has 160 valence electrons. The first kappa shape index (κ1) is 21.8. The maximum atomic E-state index is 13.8. The zero-order valence-electron chi connectivity index (χ0n) is 17.2. The number of allylic oxidation sites excluding steroid dienone is 1. The molecule has 0 fully saturated rings. The van der Waals surface area contributed by atoms with Crippen molar-refractivity contribution < 1.29 is 4.79 Å². The number of nitrogens with one attached hydrogen (secondary N) is 1. The van der Waals surface area contributed by atoms with Crippen LogP contribution in [-0.4, -0.2) is 27.6 Å². The van der Waals surface area contributed by atoms with Gasteiger partial charge in [-0.1, -0.05) is 71.2 Å². The molecule has 0 saturated heterocycles. The molecular formula is C23H21Cl3N4O. The zero-order valence-corrected chi connectivity index (χ0v) is 19.5. The number of likely N-dealkylation sites (N-methyl/N-ethyl adjacent to an activating group) is 1. The van der Waals surface area contributed by atoms with E-state index in [-0.39, 0.29) is 11.9 Å². The van der Waals surface area contributed by atoms with Gasteiger partial charge in [-0.15, -0.1) is 0 Å². The number of nitrogens with zero attached hydrogens (tertiary/aromatic N) is 3. The molecule has 0 spiro atoms. The highest BCUT2D eigenvalue weighted by atomic mass is 35.5. The number of carbonyl (C=O) groups is 1. The molecule has 2 heterocycles. The maximum absolute atomic E-state index is 13.8. The van der Waals surface area contributed by atoms with Crippen LogP contribution in [0.4, 0.5) is 5.82 Å². The molecule has 2 aromatic carbocycles. The Morgan fingerprint density at radius 1 is 1.10 bits per heavy atom. The summed E-state index contributed by atoms with van der Waals surface area (Å²) in [6.07, 6.45) is 1.56. The molecule has 0 radical (unpaired) electrons. The second-order valence-corrected chi connectivity index (χ2v) is 8.75. The van der Waals surface area contributed by atoms with Gasteiger partial charge in [-0.3, -0.25) is 4.79 Å². The molecule has 1 aliphatic heterocycles. The molecule has 1 unspecified atom stereocenters. The summed E-state index contributed by atoms with van der Waals surface area (Å²) >= 11 is 18.8. The predicted octanol–water partition coefficient (Wildman–Crippen LogP) is 6.35. The number of hydrogen-bond acceptors (Lipinski definition) is 3. The second-order valence-electron chi connectivity index (χ2n) is 7.53. The highest BCUT2D eigenvalue weighted by molar-refractivity contribution is 6.42. The Labute approximate surface area is 196 Å². The van der Waals surface area contributed by atoms with E-state index in [1.54, 1.807) is 35.0 Å². The van der Waals surface area contributed by atoms with Gasteiger partial charge in [-0.2, -0.15) is 5.10 Å². The Morgan fingerprint density at radius 2 is 1.81 bits per heavy atom. The van der Waals surface area contributed by atoms with Gasteiger partial charge in [-0.05, 0) is 37.1 Å². The number of aromatic nitrogens is 2. The fourth-order valence-electron chi connectivity index (χ4n) is 3.81. The molecule has 8 heteroatoms. The Balaban J connectivity index is 1.80. The van der Waals surface area contributed by atoms with E-state index in [0.29, 0.717) is 32.2 Å². The van der Waals surface area contributed by atoms with Gasteiger partial charge in [0.15, 0.2) is 0 Å². The number of fused-ring (bicyclic) bond motifs is 1. The van der Waals surface area contributed by atoms with Gasteiger partial charge >= 0.3 is 0 Å². The first-order valence-corrected chi connectivity index (χ1v) is 10.9. The van der Waals surface area contributed by atoms with E-state index in [2.05, 4.69) is 10.4 Å². The van der Waals surface area contributed by atoms with Gasteiger partial charge in [0.25, 0.3) is 5.91 Å². The SMILES string of the molecule is CC1=C(C(=O)N(C)[C@H](C)c2ccccc2)C(c2ccc(Cl)c(Cl)c2)n2ncc(Cl)c2N1. The topological polar surface area (TPSA) is 50.2 Å². The van der Waals surface area contributed by atoms with Crippen molar-refractivity contribution in [2.75, 3.05) is 12.4 Å². The lowest BCUT2D eigenvalue weighted by molar-refractivity contribution is -0.128. The van der Waals surface area contributed by atoms with Crippen molar-refractivity contribution in [2.45, 2.75) is 25.9 Å². The minimum absolute atomic E-state index is 0.116. The zero-order chi connectivity index (χ0) is 22.3. The summed E-state index contributed by atoms with van der Waals surface area (Å²) < 4.78 is 1.71. The van der Waals surface area contributed by atoms with Gasteiger partial charge in [0.2, 0.25) is 0 Å². The van der Waals surface area contributed by atoms with Crippen molar-refractivity contribution in [3.8, 4) is 0 Å². The van der Waals surface area contributed by atoms with Gasteiger partial charge in [0.05, 0.1) is 27.9 Å². The Bertz CT molecular complexity index is 1170. The average Bonchev–Trinajstić information content (AvgIpc) is 3.14. The van der Waals surface area contributed by atoms with Crippen LogP contribution in [0.3, 0.4) is 0 Å². The van der Waals surface area contributed by atoms with E-state index < -0.39 is 6.04 Å². The maximum Gasteiger partial charge on any atom is 0.254 e. The number of hydrogen-bond donors (Lipinski definition) is 1. The molecule has 1 aliphatic rings. The van der Waals surface area contributed by atoms with Crippen LogP contribution in [0, 0.1) is 0 Å². The summed E-state index contributed by atoms with van der Waals surface area (Å²) in [6.45, 7) is 3.87. The summed E-state index contributed by atoms with van der Waals surface area (Å²) in [5, 5.41) is 9.01. The standard InChI is InChI=1S/C23H21Cl3N4O/c1-13-20(23(31)29(3)14(2)15-7-5-4-6-8-15)21(16-9-10-17(24)18(25)11-16)30-22(28-13)19(26)12-27-30/h4-12,14,21,28H,1-3H3/t14-,21?/m1/s1. The normalized spacial score (nSPS) is 16.5. The molecule has 5 nitrogen and oxygen atoms in total. The Morgan fingerprint density at radius 3 is 2.48 bits per heavy atom. The van der Waals surface area contributed by atoms with E-state index in [0.717, 1.165) is 11.1 Å². The van der Waals surface area contributed by atoms with Crippen LogP contribution in [0.5, 0.6) is 0 Å². The lowest BCUT2D eigenvalue weighted by Crippen LogP contribution is -2.37. The smallest absolute Gasteiger partial charge is 0.254 e. The number of rotatable bonds is 4. The van der Waals surface area contributed by atoms with E-state index in [1.807, 2.05) is 50.2 Å². The monoisotopic (exact) mass is 474 g/mol. The van der Waals surface area contributed by atoms with Crippen molar-refractivity contribution >= 4 is 46.5 Å². The fourth-order valence-corrected chi connectivity index (χ4v) is 4.30. The number of anilines is 1. The van der Waals surface area contributed by atoms with E-state index in [1.165, 1.54) is 0 Å². The largest absolute Gasteiger partial charge is 0.342 e. The van der Waals surface area contributed by atoms with Crippen LogP contribution in [0.15, 0.2) is 66.0 Å². The summed E-state index contributed by atoms with van der Waals surface area (Å²) in [5.41, 5.74) is 3.12. The molecule has 0 saturated carbocycles. The lowest BCUT2D eigenvalue weighted by Gasteiger charge is -2.34. The van der Waals surface area contributed by atoms with Crippen LogP contribution in [0.1, 0.15) is 37.1 Å². The first-order valence-electron chi connectivity index (χ1n) is 9.77. The van der Waals surface area contributed by atoms with E-state index in [9.17, 15) is 4.79 Å². The minimum Gasteiger partial charge on any atom is -0.342 e. The van der Waals surface area contributed by atoms with Crippen LogP contribution >= 0.6 is 34.8 Å². The molecule has 31 heavy (non-hydrogen) atoms. The molecular weight excluding hydrogens is 455 g/mol. The molecule has 1 N–H and O–H groups in total. The summed E-state index contributed by atoms with van der Waals surface area (Å²) in [5.74, 6) is 0.514. The van der Waals surface area contributed by atoms with Crippen LogP contribution in [-0.2, 0) is 4.79 Å². The van der Waals surface area contributed by atoms with Crippen molar-refractivity contribution in [3.05, 3.63) is 92.2 Å². The van der Waals surface area contributed by atoms with Crippen LogP contribution in [0.25, 0.3) is 0 Å². The quantitative estimate of drug-likeness (QED) is 0.478. The van der Waals surface area contributed by atoms with Crippen molar-refractivity contribution in [1.29, 1.82) is 0 Å². The predicted molar refractivity (Wildman–Crippen MR) is 126 cm³/mol. The van der Waals surface area contributed by atoms with Crippen LogP contribution in [0.2, 0.25) is 15.1 Å². The highest BCUT2D eigenvalue weighted by Crippen LogP contribution is 2.41. The third kappa shape index (κ3) is 3.93. The van der Waals surface area contributed by atoms with Crippen molar-refractivity contribution in [2.24, 2.45) is 0 Å². The summed E-state index contributed by atoms with van der Waals surface area (Å²) in [4.78, 5) is 15.5. The van der Waals surface area contributed by atoms with Gasteiger partial charge in [-0.25, -0.2) is 4.68 Å². The molecule has 3 aromatic rings. The van der Waals surface area contributed by atoms with Crippen LogP contribution < -0.4 is 5.32 Å². The molecule has 4 rings (SSSR count). The highest BCUT2D eigenvalue weighted by Gasteiger charge is 2.36. The second kappa shape index (κ2) is 8.58. The molecule has 1 aromatic heterocycles. The number of carbonyl (C=O) groups excluding carboxylic acids is 1. The summed E-state index contributed by atoms with van der Waals surface area (Å²) in [6, 6.07) is 14.6. The number of halogens is 3. The Kier molecular flexibility index (Phi) is 6.02. The van der Waals surface area contributed by atoms with E-state index >= 15 is 0 Å². The molecule has 2 atom stereocenters. The summed E-state index contributed by atoms with van der Waals surface area (Å²) in [7, 11) is 1.80. The van der Waals surface area contributed by atoms with Crippen molar-refractivity contribution in [1.82, 2.24) is 14.7 Å². The van der Waals surface area contributed by atoms with Gasteiger partial charge in [0.1, 0.15) is 16.9 Å². The fraction of sp³-hybridized carbons (Fsp3) is 0.217. The van der Waals surface area contributed by atoms with Crippen molar-refractivity contribution in [3.63, 3.8) is 0 Å². The molecule has 1 amide bonds. The number of benzene rings is 2. The molecule has 0 bridgehead atoms. The first-order chi connectivity index (χ1) is 14.8. The average molecular weight is 476 g/mol. The van der Waals surface area contributed by atoms with E-state index in [4.69, 9.17) is 34.8 Å². The van der Waals surface area contributed by atoms with Gasteiger partial charge < -0.3 is 10.2 Å². The third-order valence-corrected chi connectivity index (χ3v) is 6.67. The third-order valence-electron chi connectivity index (χ3n) is 5.65. The van der Waals surface area contributed by atoms with Gasteiger partial charge in [0, 0.05) is 12.7 Å². The Hall–Kier alpha value is -2.47. The number of amides is 1. The minimum atomic E-state index is -0.503. The lowest BCUT2D eigenvalue weighted by atomic mass is 9.93.